The van der Waals surface area contributed by atoms with E-state index in [1.807, 2.05) is 6.92 Å². The number of hydrogen-bond donors (Lipinski definition) is 1. The molecule has 1 saturated carbocycles. The summed E-state index contributed by atoms with van der Waals surface area (Å²) in [6, 6.07) is 0. The maximum absolute atomic E-state index is 13.0. The number of rotatable bonds is 9. The van der Waals surface area contributed by atoms with Crippen molar-refractivity contribution in [2.24, 2.45) is 0 Å². The van der Waals surface area contributed by atoms with E-state index in [-0.39, 0.29) is 23.9 Å². The molecule has 154 valence electrons. The maximum Gasteiger partial charge on any atom is 0.240 e. The SMILES string of the molecule is COCc1nnc(NS(=O)(=O)[C@@H](C)[C@H](OC)c2ncc(Cl)cn2)n1C1(C)CC1. The predicted octanol–water partition coefficient (Wildman–Crippen LogP) is 1.89. The molecule has 0 radical (unpaired) electrons. The van der Waals surface area contributed by atoms with Crippen LogP contribution in [0.3, 0.4) is 0 Å². The summed E-state index contributed by atoms with van der Waals surface area (Å²) in [5.41, 5.74) is -0.224. The fraction of sp³-hybridized carbons (Fsp3) is 0.625. The Balaban J connectivity index is 1.88. The molecule has 12 heteroatoms. The van der Waals surface area contributed by atoms with Crippen molar-refractivity contribution in [2.45, 2.75) is 50.2 Å². The summed E-state index contributed by atoms with van der Waals surface area (Å²) in [5.74, 6) is 0.948. The summed E-state index contributed by atoms with van der Waals surface area (Å²) >= 11 is 5.81. The number of hydrogen-bond acceptors (Lipinski definition) is 8. The van der Waals surface area contributed by atoms with Gasteiger partial charge in [-0.05, 0) is 26.7 Å². The Hall–Kier alpha value is -1.82. The molecular weight excluding hydrogens is 408 g/mol. The van der Waals surface area contributed by atoms with Crippen LogP contribution < -0.4 is 4.72 Å². The van der Waals surface area contributed by atoms with Crippen LogP contribution in [-0.2, 0) is 31.6 Å². The van der Waals surface area contributed by atoms with E-state index in [0.29, 0.717) is 10.8 Å². The molecule has 28 heavy (non-hydrogen) atoms. The van der Waals surface area contributed by atoms with Crippen LogP contribution in [0.5, 0.6) is 0 Å². The predicted molar refractivity (Wildman–Crippen MR) is 102 cm³/mol. The Bertz CT molecular complexity index is 929. The molecule has 1 N–H and O–H groups in total. The topological polar surface area (TPSA) is 121 Å². The first-order valence-electron chi connectivity index (χ1n) is 8.67. The smallest absolute Gasteiger partial charge is 0.240 e. The van der Waals surface area contributed by atoms with Gasteiger partial charge < -0.3 is 9.47 Å². The van der Waals surface area contributed by atoms with E-state index in [1.165, 1.54) is 26.4 Å². The molecule has 2 aromatic rings. The minimum absolute atomic E-state index is 0.158. The zero-order valence-electron chi connectivity index (χ0n) is 16.1. The first-order valence-corrected chi connectivity index (χ1v) is 10.6. The second kappa shape index (κ2) is 7.90. The minimum Gasteiger partial charge on any atom is -0.377 e. The van der Waals surface area contributed by atoms with Crippen LogP contribution in [0.1, 0.15) is 44.4 Å². The van der Waals surface area contributed by atoms with E-state index in [1.54, 1.807) is 11.7 Å². The molecule has 0 bridgehead atoms. The highest BCUT2D eigenvalue weighted by Crippen LogP contribution is 2.45. The van der Waals surface area contributed by atoms with Crippen LogP contribution in [0.15, 0.2) is 12.4 Å². The number of halogens is 1. The van der Waals surface area contributed by atoms with Gasteiger partial charge in [0, 0.05) is 32.2 Å². The van der Waals surface area contributed by atoms with E-state index in [2.05, 4.69) is 24.9 Å². The quantitative estimate of drug-likeness (QED) is 0.640. The monoisotopic (exact) mass is 430 g/mol. The zero-order chi connectivity index (χ0) is 20.5. The van der Waals surface area contributed by atoms with Crippen molar-refractivity contribution in [3.8, 4) is 0 Å². The Morgan fingerprint density at radius 1 is 1.29 bits per heavy atom. The van der Waals surface area contributed by atoms with Crippen molar-refractivity contribution in [1.29, 1.82) is 0 Å². The number of anilines is 1. The van der Waals surface area contributed by atoms with Crippen LogP contribution in [0.2, 0.25) is 5.02 Å². The standard InChI is InChI=1S/C16H23ClN6O4S/c1-10(13(27-4)14-18-7-11(17)8-19-14)28(24,25)22-15-21-20-12(9-26-3)23(15)16(2)5-6-16/h7-8,10,13H,5-6,9H2,1-4H3,(H,21,22)/t10-,13-/m0/s1. The van der Waals surface area contributed by atoms with E-state index >= 15 is 0 Å². The second-order valence-corrected chi connectivity index (χ2v) is 9.45. The van der Waals surface area contributed by atoms with Crippen LogP contribution in [-0.4, -0.2) is 52.6 Å². The molecule has 0 spiro atoms. The van der Waals surface area contributed by atoms with E-state index < -0.39 is 21.4 Å². The van der Waals surface area contributed by atoms with Gasteiger partial charge in [0.25, 0.3) is 0 Å². The minimum atomic E-state index is -3.89. The van der Waals surface area contributed by atoms with Gasteiger partial charge in [0.2, 0.25) is 16.0 Å². The fourth-order valence-corrected chi connectivity index (χ4v) is 4.16. The van der Waals surface area contributed by atoms with Gasteiger partial charge in [0.05, 0.1) is 5.02 Å². The van der Waals surface area contributed by atoms with Gasteiger partial charge in [0.1, 0.15) is 18.0 Å². The number of methoxy groups -OCH3 is 2. The summed E-state index contributed by atoms with van der Waals surface area (Å²) in [6.07, 6.45) is 3.71. The molecule has 0 unspecified atom stereocenters. The van der Waals surface area contributed by atoms with Crippen molar-refractivity contribution in [2.75, 3.05) is 18.9 Å². The fourth-order valence-electron chi connectivity index (χ4n) is 2.94. The molecular formula is C16H23ClN6O4S. The van der Waals surface area contributed by atoms with Crippen molar-refractivity contribution in [3.63, 3.8) is 0 Å². The van der Waals surface area contributed by atoms with Crippen molar-refractivity contribution in [1.82, 2.24) is 24.7 Å². The lowest BCUT2D eigenvalue weighted by molar-refractivity contribution is 0.0950. The van der Waals surface area contributed by atoms with Crippen LogP contribution in [0, 0.1) is 0 Å². The molecule has 0 aliphatic heterocycles. The lowest BCUT2D eigenvalue weighted by Gasteiger charge is -2.23. The number of nitrogens with one attached hydrogen (secondary N) is 1. The molecule has 10 nitrogen and oxygen atoms in total. The molecule has 1 fully saturated rings. The van der Waals surface area contributed by atoms with Crippen LogP contribution in [0.25, 0.3) is 0 Å². The Morgan fingerprint density at radius 3 is 2.46 bits per heavy atom. The van der Waals surface area contributed by atoms with Gasteiger partial charge in [-0.3, -0.25) is 9.29 Å². The molecule has 0 aromatic carbocycles. The van der Waals surface area contributed by atoms with Gasteiger partial charge >= 0.3 is 0 Å². The summed E-state index contributed by atoms with van der Waals surface area (Å²) in [6.45, 7) is 3.78. The third-order valence-corrected chi connectivity index (χ3v) is 6.70. The molecule has 0 amide bonds. The van der Waals surface area contributed by atoms with Gasteiger partial charge in [-0.1, -0.05) is 11.6 Å². The zero-order valence-corrected chi connectivity index (χ0v) is 17.7. The summed E-state index contributed by atoms with van der Waals surface area (Å²) in [5, 5.41) is 7.46. The highest BCUT2D eigenvalue weighted by molar-refractivity contribution is 7.93. The second-order valence-electron chi connectivity index (χ2n) is 6.97. The van der Waals surface area contributed by atoms with Gasteiger partial charge in [0.15, 0.2) is 11.6 Å². The third kappa shape index (κ3) is 4.12. The van der Waals surface area contributed by atoms with Crippen LogP contribution >= 0.6 is 11.6 Å². The molecule has 3 rings (SSSR count). The van der Waals surface area contributed by atoms with Gasteiger partial charge in [-0.25, -0.2) is 18.4 Å². The normalized spacial score (nSPS) is 17.9. The highest BCUT2D eigenvalue weighted by Gasteiger charge is 2.44. The van der Waals surface area contributed by atoms with E-state index in [0.717, 1.165) is 12.8 Å². The molecule has 1 aliphatic carbocycles. The average molecular weight is 431 g/mol. The van der Waals surface area contributed by atoms with E-state index in [4.69, 9.17) is 21.1 Å². The first-order chi connectivity index (χ1) is 13.2. The number of ether oxygens (including phenoxy) is 2. The lowest BCUT2D eigenvalue weighted by Crippen LogP contribution is -2.34. The largest absolute Gasteiger partial charge is 0.377 e. The number of nitrogens with zero attached hydrogens (tertiary/aromatic N) is 5. The molecule has 2 aromatic heterocycles. The molecule has 1 aliphatic rings. The number of aromatic nitrogens is 5. The van der Waals surface area contributed by atoms with Crippen molar-refractivity contribution >= 4 is 27.6 Å². The van der Waals surface area contributed by atoms with Crippen molar-refractivity contribution in [3.05, 3.63) is 29.1 Å². The van der Waals surface area contributed by atoms with E-state index in [9.17, 15) is 8.42 Å². The van der Waals surface area contributed by atoms with Gasteiger partial charge in [-0.15, -0.1) is 10.2 Å². The summed E-state index contributed by atoms with van der Waals surface area (Å²) < 4.78 is 40.9. The lowest BCUT2D eigenvalue weighted by atomic mass is 10.2. The molecule has 2 atom stereocenters. The maximum atomic E-state index is 13.0. The molecule has 2 heterocycles. The first kappa shape index (κ1) is 20.9. The van der Waals surface area contributed by atoms with Crippen LogP contribution in [0.4, 0.5) is 5.95 Å². The number of sulfonamides is 1. The Labute approximate surface area is 168 Å². The summed E-state index contributed by atoms with van der Waals surface area (Å²) in [4.78, 5) is 8.15. The summed E-state index contributed by atoms with van der Waals surface area (Å²) in [7, 11) is -0.939. The van der Waals surface area contributed by atoms with Crippen molar-refractivity contribution < 1.29 is 17.9 Å². The molecule has 0 saturated heterocycles. The van der Waals surface area contributed by atoms with Gasteiger partial charge in [-0.2, -0.15) is 0 Å². The Kier molecular flexibility index (Phi) is 5.89. The Morgan fingerprint density at radius 2 is 1.93 bits per heavy atom. The highest BCUT2D eigenvalue weighted by atomic mass is 35.5. The average Bonchev–Trinajstić information content (AvgIpc) is 3.26. The third-order valence-electron chi connectivity index (χ3n) is 4.82.